The first-order valence-electron chi connectivity index (χ1n) is 8.99. The number of phenols is 1. The lowest BCUT2D eigenvalue weighted by atomic mass is 10.2. The molecular weight excluding hydrogens is 439 g/mol. The number of esters is 1. The van der Waals surface area contributed by atoms with Crippen molar-refractivity contribution in [2.45, 2.75) is 0 Å². The number of nitrogens with one attached hydrogen (secondary N) is 1. The summed E-state index contributed by atoms with van der Waals surface area (Å²) in [6.07, 6.45) is 4.16. The molecule has 0 aromatic heterocycles. The fraction of sp³-hybridized carbons (Fsp3) is 0. The molecule has 2 N–H and O–H groups in total. The highest BCUT2D eigenvalue weighted by atomic mass is 35.5. The summed E-state index contributed by atoms with van der Waals surface area (Å²) in [5, 5.41) is 14.6. The minimum atomic E-state index is -0.606. The fourth-order valence-electron chi connectivity index (χ4n) is 2.48. The Bertz CT molecular complexity index is 1160. The number of hydrogen-bond acceptors (Lipinski definition) is 5. The summed E-state index contributed by atoms with van der Waals surface area (Å²) < 4.78 is 5.35. The molecule has 156 valence electrons. The maximum absolute atomic E-state index is 12.2. The Labute approximate surface area is 188 Å². The topological polar surface area (TPSA) is 88.0 Å². The van der Waals surface area contributed by atoms with E-state index in [9.17, 15) is 14.7 Å². The van der Waals surface area contributed by atoms with Crippen molar-refractivity contribution in [1.29, 1.82) is 0 Å². The first-order valence-corrected chi connectivity index (χ1v) is 9.74. The summed E-state index contributed by atoms with van der Waals surface area (Å²) in [7, 11) is 0. The molecule has 0 heterocycles. The molecule has 0 atom stereocenters. The monoisotopic (exact) mass is 454 g/mol. The zero-order valence-electron chi connectivity index (χ0n) is 16.0. The van der Waals surface area contributed by atoms with Crippen LogP contribution in [-0.4, -0.2) is 23.2 Å². The van der Waals surface area contributed by atoms with Gasteiger partial charge in [0.2, 0.25) is 0 Å². The predicted octanol–water partition coefficient (Wildman–Crippen LogP) is 5.08. The van der Waals surface area contributed by atoms with Crippen LogP contribution >= 0.6 is 23.2 Å². The van der Waals surface area contributed by atoms with Gasteiger partial charge in [0.15, 0.2) is 0 Å². The summed E-state index contributed by atoms with van der Waals surface area (Å²) in [6, 6.07) is 17.6. The van der Waals surface area contributed by atoms with E-state index in [1.54, 1.807) is 48.5 Å². The van der Waals surface area contributed by atoms with Crippen LogP contribution in [-0.2, 0) is 4.79 Å². The highest BCUT2D eigenvalue weighted by Crippen LogP contribution is 2.22. The molecule has 3 rings (SSSR count). The van der Waals surface area contributed by atoms with Crippen LogP contribution in [0.3, 0.4) is 0 Å². The first kappa shape index (κ1) is 22.1. The Kier molecular flexibility index (Phi) is 7.43. The normalized spacial score (nSPS) is 11.0. The van der Waals surface area contributed by atoms with E-state index < -0.39 is 11.9 Å². The van der Waals surface area contributed by atoms with Crippen molar-refractivity contribution in [3.63, 3.8) is 0 Å². The van der Waals surface area contributed by atoms with E-state index in [0.29, 0.717) is 15.6 Å². The summed E-state index contributed by atoms with van der Waals surface area (Å²) in [5.41, 5.74) is 3.53. The number of nitrogens with zero attached hydrogens (tertiary/aromatic N) is 1. The van der Waals surface area contributed by atoms with Gasteiger partial charge in [0.1, 0.15) is 11.5 Å². The number of hydrazone groups is 1. The third-order valence-corrected chi connectivity index (χ3v) is 4.47. The standard InChI is InChI=1S/C23H16Cl2N2O4/c24-17-8-5-15(6-9-17)7-12-22(29)31-21-11-10-18(25)13-16(21)14-26-27-23(30)19-3-1-2-4-20(19)28/h1-14,28H,(H,27,30)/b12-7+,26-14+. The Morgan fingerprint density at radius 2 is 1.68 bits per heavy atom. The van der Waals surface area contributed by atoms with Crippen molar-refractivity contribution in [3.8, 4) is 11.5 Å². The van der Waals surface area contributed by atoms with Gasteiger partial charge >= 0.3 is 5.97 Å². The molecule has 0 saturated carbocycles. The zero-order chi connectivity index (χ0) is 22.2. The van der Waals surface area contributed by atoms with Gasteiger partial charge in [-0.1, -0.05) is 47.5 Å². The van der Waals surface area contributed by atoms with E-state index in [2.05, 4.69) is 10.5 Å². The molecule has 0 aliphatic rings. The minimum absolute atomic E-state index is 0.0738. The lowest BCUT2D eigenvalue weighted by molar-refractivity contribution is -0.128. The molecule has 8 heteroatoms. The smallest absolute Gasteiger partial charge is 0.336 e. The van der Waals surface area contributed by atoms with E-state index in [4.69, 9.17) is 27.9 Å². The highest BCUT2D eigenvalue weighted by Gasteiger charge is 2.10. The third kappa shape index (κ3) is 6.44. The van der Waals surface area contributed by atoms with Crippen LogP contribution < -0.4 is 10.2 Å². The van der Waals surface area contributed by atoms with Gasteiger partial charge in [-0.2, -0.15) is 5.10 Å². The van der Waals surface area contributed by atoms with Crippen LogP contribution in [0.2, 0.25) is 10.0 Å². The van der Waals surface area contributed by atoms with Crippen LogP contribution in [0.1, 0.15) is 21.5 Å². The fourth-order valence-corrected chi connectivity index (χ4v) is 2.79. The van der Waals surface area contributed by atoms with Crippen LogP contribution in [0.25, 0.3) is 6.08 Å². The number of rotatable bonds is 6. The molecule has 0 spiro atoms. The number of benzene rings is 3. The van der Waals surface area contributed by atoms with Crippen molar-refractivity contribution in [2.75, 3.05) is 0 Å². The Hall–Kier alpha value is -3.61. The number of halogens is 2. The predicted molar refractivity (Wildman–Crippen MR) is 121 cm³/mol. The minimum Gasteiger partial charge on any atom is -0.507 e. The third-order valence-electron chi connectivity index (χ3n) is 3.98. The van der Waals surface area contributed by atoms with Gasteiger partial charge in [-0.3, -0.25) is 4.79 Å². The molecule has 0 aliphatic carbocycles. The number of carbonyl (C=O) groups is 2. The molecule has 0 saturated heterocycles. The van der Waals surface area contributed by atoms with Crippen molar-refractivity contribution < 1.29 is 19.4 Å². The maximum Gasteiger partial charge on any atom is 0.336 e. The maximum atomic E-state index is 12.2. The van der Waals surface area contributed by atoms with E-state index in [1.165, 1.54) is 36.6 Å². The van der Waals surface area contributed by atoms with Gasteiger partial charge in [-0.25, -0.2) is 10.2 Å². The van der Waals surface area contributed by atoms with Crippen molar-refractivity contribution >= 4 is 47.4 Å². The summed E-state index contributed by atoms with van der Waals surface area (Å²) in [6.45, 7) is 0. The van der Waals surface area contributed by atoms with Crippen LogP contribution in [0.15, 0.2) is 77.9 Å². The van der Waals surface area contributed by atoms with Gasteiger partial charge in [-0.15, -0.1) is 0 Å². The average Bonchev–Trinajstić information content (AvgIpc) is 2.75. The number of hydrogen-bond donors (Lipinski definition) is 2. The highest BCUT2D eigenvalue weighted by molar-refractivity contribution is 6.31. The SMILES string of the molecule is O=C(/C=C/c1ccc(Cl)cc1)Oc1ccc(Cl)cc1/C=N/NC(=O)c1ccccc1O. The van der Waals surface area contributed by atoms with Gasteiger partial charge < -0.3 is 9.84 Å². The Morgan fingerprint density at radius 1 is 0.968 bits per heavy atom. The average molecular weight is 455 g/mol. The van der Waals surface area contributed by atoms with Crippen molar-refractivity contribution in [2.24, 2.45) is 5.10 Å². The molecule has 1 amide bonds. The molecule has 31 heavy (non-hydrogen) atoms. The number of para-hydroxylation sites is 1. The van der Waals surface area contributed by atoms with Gasteiger partial charge in [-0.05, 0) is 54.1 Å². The summed E-state index contributed by atoms with van der Waals surface area (Å²) in [5.74, 6) is -1.17. The molecule has 0 radical (unpaired) electrons. The van der Waals surface area contributed by atoms with Gasteiger partial charge in [0.25, 0.3) is 5.91 Å². The van der Waals surface area contributed by atoms with E-state index in [0.717, 1.165) is 5.56 Å². The summed E-state index contributed by atoms with van der Waals surface area (Å²) in [4.78, 5) is 24.3. The van der Waals surface area contributed by atoms with Crippen LogP contribution in [0.4, 0.5) is 0 Å². The Morgan fingerprint density at radius 3 is 2.42 bits per heavy atom. The number of ether oxygens (including phenoxy) is 1. The molecular formula is C23H16Cl2N2O4. The number of amides is 1. The van der Waals surface area contributed by atoms with E-state index in [1.807, 2.05) is 0 Å². The summed E-state index contributed by atoms with van der Waals surface area (Å²) >= 11 is 11.9. The second kappa shape index (κ2) is 10.4. The quantitative estimate of drug-likeness (QED) is 0.178. The van der Waals surface area contributed by atoms with Crippen LogP contribution in [0, 0.1) is 0 Å². The molecule has 0 fully saturated rings. The first-order chi connectivity index (χ1) is 14.9. The number of aromatic hydroxyl groups is 1. The lowest BCUT2D eigenvalue weighted by Crippen LogP contribution is -2.17. The zero-order valence-corrected chi connectivity index (χ0v) is 17.5. The molecule has 0 bridgehead atoms. The largest absolute Gasteiger partial charge is 0.507 e. The molecule has 0 aliphatic heterocycles. The number of phenolic OH excluding ortho intramolecular Hbond substituents is 1. The second-order valence-corrected chi connectivity index (χ2v) is 7.08. The van der Waals surface area contributed by atoms with E-state index in [-0.39, 0.29) is 17.1 Å². The van der Waals surface area contributed by atoms with Crippen molar-refractivity contribution in [1.82, 2.24) is 5.43 Å². The molecule has 6 nitrogen and oxygen atoms in total. The molecule has 3 aromatic rings. The second-order valence-electron chi connectivity index (χ2n) is 6.20. The lowest BCUT2D eigenvalue weighted by Gasteiger charge is -2.06. The van der Waals surface area contributed by atoms with Crippen LogP contribution in [0.5, 0.6) is 11.5 Å². The number of carbonyl (C=O) groups excluding carboxylic acids is 2. The molecule has 3 aromatic carbocycles. The molecule has 0 unspecified atom stereocenters. The van der Waals surface area contributed by atoms with E-state index >= 15 is 0 Å². The van der Waals surface area contributed by atoms with Gasteiger partial charge in [0, 0.05) is 21.7 Å². The van der Waals surface area contributed by atoms with Crippen molar-refractivity contribution in [3.05, 3.63) is 99.5 Å². The van der Waals surface area contributed by atoms with Gasteiger partial charge in [0.05, 0.1) is 11.8 Å². The Balaban J connectivity index is 1.69.